The minimum atomic E-state index is -3.56. The molecule has 0 N–H and O–H groups in total. The van der Waals surface area contributed by atoms with Crippen LogP contribution in [0.4, 0.5) is 5.69 Å². The highest BCUT2D eigenvalue weighted by molar-refractivity contribution is 7.89. The van der Waals surface area contributed by atoms with E-state index in [0.29, 0.717) is 57.5 Å². The van der Waals surface area contributed by atoms with E-state index in [1.165, 1.54) is 10.4 Å². The number of rotatable bonds is 4. The predicted molar refractivity (Wildman–Crippen MR) is 103 cm³/mol. The zero-order valence-corrected chi connectivity index (χ0v) is 16.7. The smallest absolute Gasteiger partial charge is 0.243 e. The highest BCUT2D eigenvalue weighted by Gasteiger charge is 2.35. The maximum Gasteiger partial charge on any atom is 0.243 e. The molecule has 0 atom stereocenters. The number of carbonyl (C=O) groups is 1. The van der Waals surface area contributed by atoms with Crippen molar-refractivity contribution in [3.63, 3.8) is 0 Å². The molecule has 0 spiro atoms. The summed E-state index contributed by atoms with van der Waals surface area (Å²) in [6, 6.07) is 4.92. The molecular weight excluding hydrogens is 390 g/mol. The highest BCUT2D eigenvalue weighted by Crippen LogP contribution is 2.33. The summed E-state index contributed by atoms with van der Waals surface area (Å²) >= 11 is 6.44. The van der Waals surface area contributed by atoms with Gasteiger partial charge in [-0.3, -0.25) is 4.79 Å². The second kappa shape index (κ2) is 7.58. The molecule has 1 aromatic rings. The van der Waals surface area contributed by atoms with E-state index in [2.05, 4.69) is 4.90 Å². The first-order valence-corrected chi connectivity index (χ1v) is 11.2. The van der Waals surface area contributed by atoms with Crippen LogP contribution in [0.5, 0.6) is 0 Å². The largest absolute Gasteiger partial charge is 0.379 e. The van der Waals surface area contributed by atoms with Gasteiger partial charge in [0.25, 0.3) is 0 Å². The lowest BCUT2D eigenvalue weighted by Crippen LogP contribution is -2.49. The second-order valence-corrected chi connectivity index (χ2v) is 9.56. The molecule has 7 nitrogen and oxygen atoms in total. The zero-order valence-electron chi connectivity index (χ0n) is 15.1. The van der Waals surface area contributed by atoms with Crippen LogP contribution in [0.2, 0.25) is 5.02 Å². The molecule has 0 aromatic heterocycles. The SMILES string of the molecule is O=C(C1CC1)N1CCN(c2ccc(S(=O)(=O)N3CCOCC3)cc2Cl)CC1. The summed E-state index contributed by atoms with van der Waals surface area (Å²) in [6.07, 6.45) is 2.04. The molecule has 9 heteroatoms. The number of benzene rings is 1. The van der Waals surface area contributed by atoms with Crippen molar-refractivity contribution in [1.82, 2.24) is 9.21 Å². The maximum atomic E-state index is 12.8. The number of ether oxygens (including phenoxy) is 1. The number of piperazine rings is 1. The third kappa shape index (κ3) is 3.94. The topological polar surface area (TPSA) is 70.2 Å². The van der Waals surface area contributed by atoms with Gasteiger partial charge in [0, 0.05) is 45.2 Å². The van der Waals surface area contributed by atoms with E-state index in [1.54, 1.807) is 12.1 Å². The van der Waals surface area contributed by atoms with Crippen molar-refractivity contribution < 1.29 is 17.9 Å². The van der Waals surface area contributed by atoms with E-state index < -0.39 is 10.0 Å². The van der Waals surface area contributed by atoms with Gasteiger partial charge < -0.3 is 14.5 Å². The van der Waals surface area contributed by atoms with Crippen LogP contribution in [0, 0.1) is 5.92 Å². The molecule has 1 aliphatic carbocycles. The molecule has 1 saturated carbocycles. The lowest BCUT2D eigenvalue weighted by molar-refractivity contribution is -0.132. The number of nitrogens with zero attached hydrogens (tertiary/aromatic N) is 3. The fourth-order valence-corrected chi connectivity index (χ4v) is 5.40. The number of halogens is 1. The second-order valence-electron chi connectivity index (χ2n) is 7.22. The number of sulfonamides is 1. The molecule has 0 unspecified atom stereocenters. The normalized spacial score (nSPS) is 22.1. The fourth-order valence-electron chi connectivity index (χ4n) is 3.60. The predicted octanol–water partition coefficient (Wildman–Crippen LogP) is 1.42. The Kier molecular flexibility index (Phi) is 5.33. The van der Waals surface area contributed by atoms with E-state index in [1.807, 2.05) is 4.90 Å². The molecule has 148 valence electrons. The molecule has 3 aliphatic rings. The molecule has 0 radical (unpaired) electrons. The Balaban J connectivity index is 1.45. The molecule has 1 aromatic carbocycles. The van der Waals surface area contributed by atoms with Gasteiger partial charge in [-0.1, -0.05) is 11.6 Å². The molecule has 4 rings (SSSR count). The van der Waals surface area contributed by atoms with Gasteiger partial charge in [0.05, 0.1) is 28.8 Å². The first-order valence-electron chi connectivity index (χ1n) is 9.38. The van der Waals surface area contributed by atoms with Gasteiger partial charge in [-0.2, -0.15) is 4.31 Å². The summed E-state index contributed by atoms with van der Waals surface area (Å²) in [4.78, 5) is 16.4. The molecule has 2 aliphatic heterocycles. The number of carbonyl (C=O) groups excluding carboxylic acids is 1. The Labute approximate surface area is 164 Å². The van der Waals surface area contributed by atoms with Crippen LogP contribution < -0.4 is 4.90 Å². The minimum Gasteiger partial charge on any atom is -0.379 e. The number of hydrogen-bond donors (Lipinski definition) is 0. The number of morpholine rings is 1. The van der Waals surface area contributed by atoms with Crippen LogP contribution in [-0.2, 0) is 19.6 Å². The first-order chi connectivity index (χ1) is 13.0. The molecular formula is C18H24ClN3O4S. The van der Waals surface area contributed by atoms with Gasteiger partial charge >= 0.3 is 0 Å². The van der Waals surface area contributed by atoms with Crippen LogP contribution in [-0.4, -0.2) is 76.0 Å². The van der Waals surface area contributed by atoms with Gasteiger partial charge in [-0.05, 0) is 31.0 Å². The van der Waals surface area contributed by atoms with Gasteiger partial charge in [0.2, 0.25) is 15.9 Å². The average molecular weight is 414 g/mol. The third-order valence-electron chi connectivity index (χ3n) is 5.39. The summed E-state index contributed by atoms with van der Waals surface area (Å²) < 4.78 is 32.2. The Morgan fingerprint density at radius 2 is 1.70 bits per heavy atom. The lowest BCUT2D eigenvalue weighted by atomic mass is 10.2. The monoisotopic (exact) mass is 413 g/mol. The summed E-state index contributed by atoms with van der Waals surface area (Å²) in [6.45, 7) is 4.31. The molecule has 2 heterocycles. The maximum absolute atomic E-state index is 12.8. The summed E-state index contributed by atoms with van der Waals surface area (Å²) in [5.74, 6) is 0.512. The van der Waals surface area contributed by atoms with Crippen LogP contribution in [0.1, 0.15) is 12.8 Å². The van der Waals surface area contributed by atoms with Gasteiger partial charge in [-0.15, -0.1) is 0 Å². The lowest BCUT2D eigenvalue weighted by Gasteiger charge is -2.36. The van der Waals surface area contributed by atoms with E-state index in [-0.39, 0.29) is 16.7 Å². The van der Waals surface area contributed by atoms with Crippen molar-refractivity contribution in [3.8, 4) is 0 Å². The summed E-state index contributed by atoms with van der Waals surface area (Å²) in [5.41, 5.74) is 0.816. The standard InChI is InChI=1S/C18H24ClN3O4S/c19-16-13-15(27(24,25)22-9-11-26-12-10-22)3-4-17(16)20-5-7-21(8-6-20)18(23)14-1-2-14/h3-4,13-14H,1-2,5-12H2. The van der Waals surface area contributed by atoms with Crippen molar-refractivity contribution in [2.45, 2.75) is 17.7 Å². The van der Waals surface area contributed by atoms with E-state index in [4.69, 9.17) is 16.3 Å². The number of anilines is 1. The van der Waals surface area contributed by atoms with E-state index in [9.17, 15) is 13.2 Å². The minimum absolute atomic E-state index is 0.209. The molecule has 1 amide bonds. The Morgan fingerprint density at radius 1 is 1.04 bits per heavy atom. The van der Waals surface area contributed by atoms with E-state index in [0.717, 1.165) is 18.5 Å². The molecule has 0 bridgehead atoms. The quantitative estimate of drug-likeness (QED) is 0.746. The average Bonchev–Trinajstić information content (AvgIpc) is 3.53. The van der Waals surface area contributed by atoms with Crippen molar-refractivity contribution in [2.24, 2.45) is 5.92 Å². The Bertz CT molecular complexity index is 814. The third-order valence-corrected chi connectivity index (χ3v) is 7.58. The van der Waals surface area contributed by atoms with Gasteiger partial charge in [0.1, 0.15) is 0 Å². The van der Waals surface area contributed by atoms with Crippen molar-refractivity contribution in [1.29, 1.82) is 0 Å². The van der Waals surface area contributed by atoms with Crippen molar-refractivity contribution in [3.05, 3.63) is 23.2 Å². The summed E-state index contributed by atoms with van der Waals surface area (Å²) in [5, 5.41) is 0.423. The van der Waals surface area contributed by atoms with Crippen LogP contribution in [0.25, 0.3) is 0 Å². The fraction of sp³-hybridized carbons (Fsp3) is 0.611. The van der Waals surface area contributed by atoms with Crippen molar-refractivity contribution >= 4 is 33.2 Å². The molecule has 2 saturated heterocycles. The number of hydrogen-bond acceptors (Lipinski definition) is 5. The summed E-state index contributed by atoms with van der Waals surface area (Å²) in [7, 11) is -3.56. The van der Waals surface area contributed by atoms with Crippen LogP contribution >= 0.6 is 11.6 Å². The van der Waals surface area contributed by atoms with Gasteiger partial charge in [-0.25, -0.2) is 8.42 Å². The van der Waals surface area contributed by atoms with Crippen molar-refractivity contribution in [2.75, 3.05) is 57.4 Å². The van der Waals surface area contributed by atoms with E-state index >= 15 is 0 Å². The Morgan fingerprint density at radius 3 is 2.30 bits per heavy atom. The number of amides is 1. The van der Waals surface area contributed by atoms with Crippen LogP contribution in [0.15, 0.2) is 23.1 Å². The molecule has 27 heavy (non-hydrogen) atoms. The molecule has 3 fully saturated rings. The highest BCUT2D eigenvalue weighted by atomic mass is 35.5. The van der Waals surface area contributed by atoms with Crippen LogP contribution in [0.3, 0.4) is 0 Å². The van der Waals surface area contributed by atoms with Gasteiger partial charge in [0.15, 0.2) is 0 Å². The zero-order chi connectivity index (χ0) is 19.0. The Hall–Kier alpha value is -1.35. The first kappa shape index (κ1) is 19.0.